The van der Waals surface area contributed by atoms with Gasteiger partial charge in [-0.05, 0) is 0 Å². The molecule has 0 rings (SSSR count). The second-order valence-electron chi connectivity index (χ2n) is 1.53. The Labute approximate surface area is 79.1 Å². The zero-order valence-electron chi connectivity index (χ0n) is 7.21. The van der Waals surface area contributed by atoms with E-state index in [0.29, 0.717) is 0 Å². The van der Waals surface area contributed by atoms with Crippen LogP contribution in [-0.2, 0) is 9.59 Å². The Morgan fingerprint density at radius 2 is 0.929 bits per heavy atom. The van der Waals surface area contributed by atoms with Gasteiger partial charge in [-0.15, -0.1) is 0 Å². The molecule has 9 N–H and O–H groups in total. The number of primary amides is 1. The number of hydrogen-bond acceptors (Lipinski definition) is 5. The van der Waals surface area contributed by atoms with Crippen molar-refractivity contribution in [2.75, 3.05) is 13.1 Å². The fraction of sp³-hybridized carbons (Fsp3) is 0.400. The van der Waals surface area contributed by atoms with Crippen molar-refractivity contribution >= 4 is 18.0 Å². The molecule has 84 valence electrons. The van der Waals surface area contributed by atoms with Crippen LogP contribution < -0.4 is 17.2 Å². The summed E-state index contributed by atoms with van der Waals surface area (Å²) in [6, 6.07) is 0. The van der Waals surface area contributed by atoms with E-state index in [1.165, 1.54) is 0 Å². The van der Waals surface area contributed by atoms with Crippen molar-refractivity contribution in [1.29, 1.82) is 0 Å². The minimum absolute atomic E-state index is 0.278. The standard InChI is InChI=1S/2C2H5NO2.CH3NO2/c2*3-1-2(4)5;2-1(3)4/h2*1,3H2,(H,4,5);2H2,(H,3,4). The van der Waals surface area contributed by atoms with Gasteiger partial charge in [0.25, 0.3) is 0 Å². The summed E-state index contributed by atoms with van der Waals surface area (Å²) in [5.41, 5.74) is 13.2. The first-order chi connectivity index (χ1) is 6.27. The zero-order chi connectivity index (χ0) is 12.1. The number of aliphatic carboxylic acids is 2. The van der Waals surface area contributed by atoms with Crippen LogP contribution in [-0.4, -0.2) is 46.4 Å². The lowest BCUT2D eigenvalue weighted by atomic mass is 10.7. The first-order valence-corrected chi connectivity index (χ1v) is 3.10. The third kappa shape index (κ3) is 186. The maximum atomic E-state index is 9.24. The highest BCUT2D eigenvalue weighted by Gasteiger charge is 1.81. The Morgan fingerprint density at radius 3 is 0.929 bits per heavy atom. The number of amides is 1. The highest BCUT2D eigenvalue weighted by Crippen LogP contribution is 1.44. The van der Waals surface area contributed by atoms with E-state index in [1.807, 2.05) is 0 Å². The maximum absolute atomic E-state index is 9.24. The Balaban J connectivity index is -0.000000131. The Bertz CT molecular complexity index is 164. The number of hydrogen-bond donors (Lipinski definition) is 6. The van der Waals surface area contributed by atoms with Crippen molar-refractivity contribution in [3.63, 3.8) is 0 Å². The minimum Gasteiger partial charge on any atom is -0.480 e. The van der Waals surface area contributed by atoms with Gasteiger partial charge in [0.15, 0.2) is 0 Å². The van der Waals surface area contributed by atoms with Gasteiger partial charge in [-0.2, -0.15) is 0 Å². The molecule has 0 atom stereocenters. The van der Waals surface area contributed by atoms with Gasteiger partial charge in [-0.25, -0.2) is 4.79 Å². The molecule has 0 saturated carbocycles. The molecule has 1 amide bonds. The van der Waals surface area contributed by atoms with Gasteiger partial charge >= 0.3 is 18.0 Å². The van der Waals surface area contributed by atoms with E-state index in [9.17, 15) is 9.59 Å². The first-order valence-electron chi connectivity index (χ1n) is 3.10. The normalized spacial score (nSPS) is 7.00. The Hall–Kier alpha value is -1.87. The van der Waals surface area contributed by atoms with Crippen LogP contribution in [0.15, 0.2) is 0 Å². The Kier molecular flexibility index (Phi) is 17.6. The molecular formula is C5H13N3O6. The van der Waals surface area contributed by atoms with Crippen LogP contribution in [0.3, 0.4) is 0 Å². The molecule has 0 bridgehead atoms. The smallest absolute Gasteiger partial charge is 0.402 e. The van der Waals surface area contributed by atoms with E-state index in [0.717, 1.165) is 0 Å². The summed E-state index contributed by atoms with van der Waals surface area (Å²) in [6.07, 6.45) is -1.33. The summed E-state index contributed by atoms with van der Waals surface area (Å²) in [5, 5.41) is 22.4. The van der Waals surface area contributed by atoms with Crippen molar-refractivity contribution in [3.8, 4) is 0 Å². The molecule has 0 unspecified atom stereocenters. The molecule has 0 spiro atoms. The molecule has 0 aliphatic carbocycles. The molecular weight excluding hydrogens is 198 g/mol. The van der Waals surface area contributed by atoms with Crippen LogP contribution in [0, 0.1) is 0 Å². The number of rotatable bonds is 2. The van der Waals surface area contributed by atoms with E-state index >= 15 is 0 Å². The zero-order valence-corrected chi connectivity index (χ0v) is 7.21. The third-order valence-electron chi connectivity index (χ3n) is 0.349. The first kappa shape index (κ1) is 18.0. The largest absolute Gasteiger partial charge is 0.480 e. The molecule has 0 saturated heterocycles. The molecule has 14 heavy (non-hydrogen) atoms. The molecule has 0 heterocycles. The summed E-state index contributed by atoms with van der Waals surface area (Å²) < 4.78 is 0. The molecule has 0 aliphatic heterocycles. The monoisotopic (exact) mass is 211 g/mol. The van der Waals surface area contributed by atoms with E-state index in [2.05, 4.69) is 17.2 Å². The Morgan fingerprint density at radius 1 is 0.857 bits per heavy atom. The average molecular weight is 211 g/mol. The van der Waals surface area contributed by atoms with Crippen LogP contribution >= 0.6 is 0 Å². The molecule has 0 aromatic rings. The van der Waals surface area contributed by atoms with E-state index in [1.54, 1.807) is 0 Å². The van der Waals surface area contributed by atoms with Gasteiger partial charge < -0.3 is 32.5 Å². The summed E-state index contributed by atoms with van der Waals surface area (Å²) >= 11 is 0. The van der Waals surface area contributed by atoms with Crippen molar-refractivity contribution in [1.82, 2.24) is 0 Å². The summed E-state index contributed by atoms with van der Waals surface area (Å²) in [4.78, 5) is 27.3. The fourth-order valence-electron chi connectivity index (χ4n) is 0. The predicted molar refractivity (Wildman–Crippen MR) is 45.6 cm³/mol. The molecule has 0 fully saturated rings. The van der Waals surface area contributed by atoms with Crippen LogP contribution in [0.25, 0.3) is 0 Å². The highest BCUT2D eigenvalue weighted by molar-refractivity contribution is 5.68. The second-order valence-corrected chi connectivity index (χ2v) is 1.53. The molecule has 0 radical (unpaired) electrons. The van der Waals surface area contributed by atoms with Crippen molar-refractivity contribution < 1.29 is 29.7 Å². The summed E-state index contributed by atoms with van der Waals surface area (Å²) in [5.74, 6) is -1.94. The van der Waals surface area contributed by atoms with E-state index < -0.39 is 18.0 Å². The lowest BCUT2D eigenvalue weighted by Crippen LogP contribution is -2.10. The molecule has 0 aromatic heterocycles. The van der Waals surface area contributed by atoms with Gasteiger partial charge in [0.1, 0.15) is 0 Å². The predicted octanol–water partition coefficient (Wildman–Crippen LogP) is -2.32. The van der Waals surface area contributed by atoms with Crippen molar-refractivity contribution in [3.05, 3.63) is 0 Å². The molecule has 9 heteroatoms. The highest BCUT2D eigenvalue weighted by atomic mass is 16.4. The van der Waals surface area contributed by atoms with Crippen LogP contribution in [0.4, 0.5) is 4.79 Å². The fourth-order valence-corrected chi connectivity index (χ4v) is 0. The number of carbonyl (C=O) groups is 3. The van der Waals surface area contributed by atoms with Crippen molar-refractivity contribution in [2.45, 2.75) is 0 Å². The summed E-state index contributed by atoms with van der Waals surface area (Å²) in [6.45, 7) is -0.556. The number of carboxylic acids is 2. The SMILES string of the molecule is NC(=O)O.NCC(=O)O.NCC(=O)O. The summed E-state index contributed by atoms with van der Waals surface area (Å²) in [7, 11) is 0. The van der Waals surface area contributed by atoms with Crippen LogP contribution in [0.1, 0.15) is 0 Å². The molecule has 0 aliphatic rings. The van der Waals surface area contributed by atoms with Crippen LogP contribution in [0.5, 0.6) is 0 Å². The van der Waals surface area contributed by atoms with Gasteiger partial charge in [-0.3, -0.25) is 9.59 Å². The number of carboxylic acid groups (broad SMARTS) is 3. The average Bonchev–Trinajstić information content (AvgIpc) is 2.04. The van der Waals surface area contributed by atoms with Crippen molar-refractivity contribution in [2.24, 2.45) is 17.2 Å². The molecule has 0 aromatic carbocycles. The quantitative estimate of drug-likeness (QED) is 0.293. The van der Waals surface area contributed by atoms with Gasteiger partial charge in [0, 0.05) is 0 Å². The lowest BCUT2D eigenvalue weighted by Gasteiger charge is -1.73. The topological polar surface area (TPSA) is 190 Å². The molecule has 9 nitrogen and oxygen atoms in total. The minimum atomic E-state index is -1.33. The number of nitrogens with two attached hydrogens (primary N) is 3. The van der Waals surface area contributed by atoms with E-state index in [-0.39, 0.29) is 13.1 Å². The van der Waals surface area contributed by atoms with Crippen LogP contribution in [0.2, 0.25) is 0 Å². The van der Waals surface area contributed by atoms with Gasteiger partial charge in [0.05, 0.1) is 13.1 Å². The van der Waals surface area contributed by atoms with Gasteiger partial charge in [0.2, 0.25) is 0 Å². The van der Waals surface area contributed by atoms with E-state index in [4.69, 9.17) is 20.1 Å². The third-order valence-corrected chi connectivity index (χ3v) is 0.349. The lowest BCUT2D eigenvalue weighted by molar-refractivity contribution is -0.136. The maximum Gasteiger partial charge on any atom is 0.402 e. The second kappa shape index (κ2) is 13.7. The van der Waals surface area contributed by atoms with Gasteiger partial charge in [-0.1, -0.05) is 0 Å².